The Morgan fingerprint density at radius 3 is 2.60 bits per heavy atom. The topological polar surface area (TPSA) is 55.2 Å². The molecule has 1 atom stereocenters. The van der Waals surface area contributed by atoms with Gasteiger partial charge in [0.1, 0.15) is 11.6 Å². The lowest BCUT2D eigenvalue weighted by Crippen LogP contribution is -2.10. The van der Waals surface area contributed by atoms with Crippen molar-refractivity contribution >= 4 is 11.4 Å². The summed E-state index contributed by atoms with van der Waals surface area (Å²) < 4.78 is 26.6. The minimum absolute atomic E-state index is 0.0318. The van der Waals surface area contributed by atoms with Gasteiger partial charge in [0, 0.05) is 6.07 Å². The monoisotopic (exact) mass is 278 g/mol. The lowest BCUT2D eigenvalue weighted by molar-refractivity contribution is -0.385. The Kier molecular flexibility index (Phi) is 3.93. The zero-order chi connectivity index (χ0) is 14.7. The van der Waals surface area contributed by atoms with Crippen LogP contribution in [0.4, 0.5) is 20.2 Å². The minimum atomic E-state index is -0.614. The maximum Gasteiger partial charge on any atom is 0.274 e. The van der Waals surface area contributed by atoms with Crippen LogP contribution in [0.15, 0.2) is 42.5 Å². The van der Waals surface area contributed by atoms with Gasteiger partial charge < -0.3 is 5.32 Å². The molecule has 104 valence electrons. The molecule has 0 saturated carbocycles. The van der Waals surface area contributed by atoms with Crippen molar-refractivity contribution in [1.82, 2.24) is 0 Å². The lowest BCUT2D eigenvalue weighted by Gasteiger charge is -2.16. The van der Waals surface area contributed by atoms with E-state index in [1.807, 2.05) is 0 Å². The number of anilines is 1. The summed E-state index contributed by atoms with van der Waals surface area (Å²) in [5, 5.41) is 13.7. The number of benzene rings is 2. The Morgan fingerprint density at radius 2 is 1.90 bits per heavy atom. The highest BCUT2D eigenvalue weighted by Gasteiger charge is 2.19. The maximum absolute atomic E-state index is 13.5. The number of halogens is 2. The van der Waals surface area contributed by atoms with Crippen molar-refractivity contribution in [3.8, 4) is 0 Å². The molecule has 1 N–H and O–H groups in total. The van der Waals surface area contributed by atoms with E-state index in [1.165, 1.54) is 6.07 Å². The molecule has 4 nitrogen and oxygen atoms in total. The third-order valence-corrected chi connectivity index (χ3v) is 2.90. The van der Waals surface area contributed by atoms with Gasteiger partial charge in [0.15, 0.2) is 0 Å². The highest BCUT2D eigenvalue weighted by molar-refractivity contribution is 5.50. The van der Waals surface area contributed by atoms with Crippen molar-refractivity contribution in [2.24, 2.45) is 0 Å². The van der Waals surface area contributed by atoms with Crippen LogP contribution in [0.2, 0.25) is 0 Å². The Morgan fingerprint density at radius 1 is 1.20 bits per heavy atom. The molecule has 0 radical (unpaired) electrons. The fraction of sp³-hybridized carbons (Fsp3) is 0.143. The average molecular weight is 278 g/mol. The number of nitro benzene ring substituents is 1. The first-order chi connectivity index (χ1) is 9.49. The number of rotatable bonds is 4. The van der Waals surface area contributed by atoms with Crippen LogP contribution in [0.1, 0.15) is 18.5 Å². The van der Waals surface area contributed by atoms with Crippen LogP contribution < -0.4 is 5.32 Å². The zero-order valence-corrected chi connectivity index (χ0v) is 10.6. The van der Waals surface area contributed by atoms with Crippen LogP contribution in [0.5, 0.6) is 0 Å². The molecule has 0 spiro atoms. The first kappa shape index (κ1) is 13.9. The average Bonchev–Trinajstić information content (AvgIpc) is 2.42. The second-order valence-corrected chi connectivity index (χ2v) is 4.31. The molecule has 2 aromatic rings. The molecule has 0 aliphatic carbocycles. The number of para-hydroxylation sites is 1. The van der Waals surface area contributed by atoms with Gasteiger partial charge in [0.05, 0.1) is 22.2 Å². The summed E-state index contributed by atoms with van der Waals surface area (Å²) in [7, 11) is 0. The van der Waals surface area contributed by atoms with E-state index in [2.05, 4.69) is 5.32 Å². The van der Waals surface area contributed by atoms with E-state index in [4.69, 9.17) is 0 Å². The Balaban J connectivity index is 2.31. The molecule has 2 rings (SSSR count). The van der Waals surface area contributed by atoms with Crippen LogP contribution in [-0.2, 0) is 0 Å². The van der Waals surface area contributed by atoms with E-state index >= 15 is 0 Å². The van der Waals surface area contributed by atoms with E-state index in [0.717, 1.165) is 18.2 Å². The summed E-state index contributed by atoms with van der Waals surface area (Å²) in [6.07, 6.45) is 0. The summed E-state index contributed by atoms with van der Waals surface area (Å²) >= 11 is 0. The molecule has 0 fully saturated rings. The molecule has 20 heavy (non-hydrogen) atoms. The second-order valence-electron chi connectivity index (χ2n) is 4.31. The van der Waals surface area contributed by atoms with E-state index in [1.54, 1.807) is 25.1 Å². The lowest BCUT2D eigenvalue weighted by atomic mass is 10.1. The molecule has 6 heteroatoms. The minimum Gasteiger partial charge on any atom is -0.376 e. The number of nitrogens with one attached hydrogen (secondary N) is 1. The zero-order valence-electron chi connectivity index (χ0n) is 10.6. The quantitative estimate of drug-likeness (QED) is 0.678. The Bertz CT molecular complexity index is 647. The van der Waals surface area contributed by atoms with Crippen LogP contribution >= 0.6 is 0 Å². The number of hydrogen-bond donors (Lipinski definition) is 1. The predicted octanol–water partition coefficient (Wildman–Crippen LogP) is 4.05. The molecule has 0 aliphatic rings. The molecular formula is C14H12F2N2O2. The normalized spacial score (nSPS) is 11.9. The highest BCUT2D eigenvalue weighted by Crippen LogP contribution is 2.28. The molecule has 0 amide bonds. The number of nitro groups is 1. The molecule has 0 aliphatic heterocycles. The Hall–Kier alpha value is -2.50. The first-order valence-corrected chi connectivity index (χ1v) is 5.94. The summed E-state index contributed by atoms with van der Waals surface area (Å²) in [5.74, 6) is -1.19. The van der Waals surface area contributed by atoms with Gasteiger partial charge in [0.25, 0.3) is 5.69 Å². The van der Waals surface area contributed by atoms with Crippen molar-refractivity contribution in [3.63, 3.8) is 0 Å². The molecule has 1 unspecified atom stereocenters. The van der Waals surface area contributed by atoms with E-state index in [9.17, 15) is 18.9 Å². The van der Waals surface area contributed by atoms with Gasteiger partial charge in [-0.3, -0.25) is 10.1 Å². The standard InChI is InChI=1S/C14H12F2N2O2/c1-9(11-4-2-3-5-14(11)18(19)20)17-13-8-10(15)6-7-12(13)16/h2-9,17H,1H3. The van der Waals surface area contributed by atoms with E-state index in [0.29, 0.717) is 5.56 Å². The van der Waals surface area contributed by atoms with Gasteiger partial charge in [-0.25, -0.2) is 8.78 Å². The van der Waals surface area contributed by atoms with E-state index < -0.39 is 22.6 Å². The van der Waals surface area contributed by atoms with Gasteiger partial charge in [-0.2, -0.15) is 0 Å². The molecule has 2 aromatic carbocycles. The second kappa shape index (κ2) is 5.64. The predicted molar refractivity (Wildman–Crippen MR) is 71.5 cm³/mol. The molecule has 0 heterocycles. The van der Waals surface area contributed by atoms with Gasteiger partial charge in [-0.1, -0.05) is 18.2 Å². The smallest absolute Gasteiger partial charge is 0.274 e. The molecule has 0 aromatic heterocycles. The van der Waals surface area contributed by atoms with Crippen molar-refractivity contribution in [3.05, 3.63) is 69.8 Å². The maximum atomic E-state index is 13.5. The molecule has 0 bridgehead atoms. The van der Waals surface area contributed by atoms with Crippen molar-refractivity contribution < 1.29 is 13.7 Å². The van der Waals surface area contributed by atoms with Gasteiger partial charge in [-0.05, 0) is 25.1 Å². The van der Waals surface area contributed by atoms with Crippen molar-refractivity contribution in [1.29, 1.82) is 0 Å². The Labute approximate surface area is 114 Å². The van der Waals surface area contributed by atoms with Crippen molar-refractivity contribution in [2.45, 2.75) is 13.0 Å². The van der Waals surface area contributed by atoms with Crippen molar-refractivity contribution in [2.75, 3.05) is 5.32 Å². The summed E-state index contributed by atoms with van der Waals surface area (Å²) in [4.78, 5) is 10.4. The third-order valence-electron chi connectivity index (χ3n) is 2.90. The van der Waals surface area contributed by atoms with Gasteiger partial charge in [0.2, 0.25) is 0 Å². The summed E-state index contributed by atoms with van der Waals surface area (Å²) in [6.45, 7) is 1.65. The largest absolute Gasteiger partial charge is 0.376 e. The fourth-order valence-electron chi connectivity index (χ4n) is 1.94. The van der Waals surface area contributed by atoms with E-state index in [-0.39, 0.29) is 11.4 Å². The van der Waals surface area contributed by atoms with Gasteiger partial charge in [-0.15, -0.1) is 0 Å². The summed E-state index contributed by atoms with van der Waals surface area (Å²) in [5.41, 5.74) is 0.307. The SMILES string of the molecule is CC(Nc1cc(F)ccc1F)c1ccccc1[N+](=O)[O-]. The number of hydrogen-bond acceptors (Lipinski definition) is 3. The number of nitrogens with zero attached hydrogens (tertiary/aromatic N) is 1. The van der Waals surface area contributed by atoms with Gasteiger partial charge >= 0.3 is 0 Å². The van der Waals surface area contributed by atoms with Crippen LogP contribution in [0.3, 0.4) is 0 Å². The van der Waals surface area contributed by atoms with Crippen LogP contribution in [0, 0.1) is 21.7 Å². The first-order valence-electron chi connectivity index (χ1n) is 5.94. The van der Waals surface area contributed by atoms with Crippen LogP contribution in [0.25, 0.3) is 0 Å². The molecule has 0 saturated heterocycles. The highest BCUT2D eigenvalue weighted by atomic mass is 19.1. The molecular weight excluding hydrogens is 266 g/mol. The third kappa shape index (κ3) is 2.90. The summed E-state index contributed by atoms with van der Waals surface area (Å²) in [6, 6.07) is 8.65. The fourth-order valence-corrected chi connectivity index (χ4v) is 1.94. The van der Waals surface area contributed by atoms with Crippen LogP contribution in [-0.4, -0.2) is 4.92 Å².